The topological polar surface area (TPSA) is 63.0 Å². The van der Waals surface area contributed by atoms with Crippen molar-refractivity contribution in [3.8, 4) is 0 Å². The predicted molar refractivity (Wildman–Crippen MR) is 226 cm³/mol. The monoisotopic (exact) mass is 741 g/mol. The van der Waals surface area contributed by atoms with E-state index in [9.17, 15) is 9.59 Å². The van der Waals surface area contributed by atoms with E-state index in [2.05, 4.69) is 120 Å². The van der Waals surface area contributed by atoms with E-state index in [1.807, 2.05) is 64.4 Å². The molecule has 0 atom stereocenters. The molecule has 8 nitrogen and oxygen atoms in total. The minimum Gasteiger partial charge on any atom is -0.394 e. The van der Waals surface area contributed by atoms with E-state index >= 15 is 0 Å². The maximum Gasteiger partial charge on any atom is 0.233 e. The molecule has 1 N–H and O–H groups in total. The van der Waals surface area contributed by atoms with Crippen LogP contribution in [0.25, 0.3) is 18.2 Å². The molecule has 3 rings (SSSR count). The zero-order valence-corrected chi connectivity index (χ0v) is 33.6. The van der Waals surface area contributed by atoms with Crippen LogP contribution >= 0.6 is 21.6 Å². The maximum atomic E-state index is 12.8. The van der Waals surface area contributed by atoms with Crippen LogP contribution in [-0.2, 0) is 16.6 Å². The van der Waals surface area contributed by atoms with Crippen LogP contribution < -0.4 is 19.7 Å². The van der Waals surface area contributed by atoms with Gasteiger partial charge in [-0.05, 0) is 66.4 Å². The number of nitrogens with one attached hydrogen (secondary N) is 1. The Balaban J connectivity index is 1.34. The minimum absolute atomic E-state index is 0.0776. The van der Waals surface area contributed by atoms with Gasteiger partial charge in [0, 0.05) is 84.9 Å². The highest BCUT2D eigenvalue weighted by Gasteiger charge is 2.14. The van der Waals surface area contributed by atoms with Crippen molar-refractivity contribution in [3.63, 3.8) is 0 Å². The Morgan fingerprint density at radius 3 is 1.69 bits per heavy atom. The van der Waals surface area contributed by atoms with Crippen LogP contribution in [0, 0.1) is 0 Å². The summed E-state index contributed by atoms with van der Waals surface area (Å²) in [6, 6.07) is 20.9. The molecule has 0 saturated carbocycles. The summed E-state index contributed by atoms with van der Waals surface area (Å²) in [6.07, 6.45) is 20.4. The van der Waals surface area contributed by atoms with Gasteiger partial charge >= 0.3 is 0 Å². The van der Waals surface area contributed by atoms with Crippen LogP contribution in [0.1, 0.15) is 36.5 Å². The summed E-state index contributed by atoms with van der Waals surface area (Å²) in [5, 5.41) is 3.03. The molecule has 10 heteroatoms. The van der Waals surface area contributed by atoms with Crippen molar-refractivity contribution in [3.05, 3.63) is 120 Å². The Morgan fingerprint density at radius 1 is 0.692 bits per heavy atom. The molecule has 0 unspecified atom stereocenters. The first-order chi connectivity index (χ1) is 25.1. The van der Waals surface area contributed by atoms with Gasteiger partial charge in [-0.3, -0.25) is 9.59 Å². The lowest BCUT2D eigenvalue weighted by Gasteiger charge is -2.24. The van der Waals surface area contributed by atoms with Crippen LogP contribution in [-0.4, -0.2) is 94.5 Å². The molecule has 278 valence electrons. The quantitative estimate of drug-likeness (QED) is 0.0545. The molecule has 0 radical (unpaired) electrons. The predicted octanol–water partition coefficient (Wildman–Crippen LogP) is 7.03. The average Bonchev–Trinajstić information content (AvgIpc) is 3.16. The molecule has 0 spiro atoms. The van der Waals surface area contributed by atoms with Gasteiger partial charge in [-0.2, -0.15) is 0 Å². The molecule has 2 aromatic carbocycles. The van der Waals surface area contributed by atoms with Gasteiger partial charge in [-0.15, -0.1) is 0 Å². The first kappa shape index (κ1) is 42.0. The second kappa shape index (κ2) is 23.2. The van der Waals surface area contributed by atoms with Crippen LogP contribution in [0.5, 0.6) is 0 Å². The number of allylic oxidation sites excluding steroid dienone is 4. The average molecular weight is 742 g/mol. The number of para-hydroxylation sites is 2. The van der Waals surface area contributed by atoms with Gasteiger partial charge in [0.05, 0.1) is 11.5 Å². The first-order valence-electron chi connectivity index (χ1n) is 17.8. The van der Waals surface area contributed by atoms with Crippen LogP contribution in [0.15, 0.2) is 103 Å². The molecule has 1 aromatic heterocycles. The molecule has 0 bridgehead atoms. The molecule has 0 saturated heterocycles. The second-order valence-electron chi connectivity index (χ2n) is 12.7. The van der Waals surface area contributed by atoms with Crippen LogP contribution in [0.2, 0.25) is 0 Å². The highest BCUT2D eigenvalue weighted by molar-refractivity contribution is 8.77. The number of carbonyl (C=O) groups excluding carboxylic acids is 2. The lowest BCUT2D eigenvalue weighted by atomic mass is 10.1. The Hall–Kier alpha value is -4.41. The third-order valence-electron chi connectivity index (χ3n) is 8.66. The number of benzene rings is 2. The van der Waals surface area contributed by atoms with E-state index < -0.39 is 0 Å². The van der Waals surface area contributed by atoms with E-state index in [0.717, 1.165) is 59.6 Å². The number of nitrogens with zero attached hydrogens (tertiary/aromatic N) is 5. The number of pyridine rings is 1. The van der Waals surface area contributed by atoms with Crippen molar-refractivity contribution in [1.82, 2.24) is 15.1 Å². The fraction of sp³-hybridized carbons (Fsp3) is 0.357. The Bertz CT molecular complexity index is 1670. The number of carbonyl (C=O) groups is 2. The summed E-state index contributed by atoms with van der Waals surface area (Å²) in [5.74, 6) is 0.848. The van der Waals surface area contributed by atoms with Crippen molar-refractivity contribution >= 4 is 63.0 Å². The van der Waals surface area contributed by atoms with Gasteiger partial charge < -0.3 is 24.9 Å². The normalized spacial score (nSPS) is 11.8. The summed E-state index contributed by atoms with van der Waals surface area (Å²) in [7, 11) is 14.7. The Labute approximate surface area is 320 Å². The fourth-order valence-electron chi connectivity index (χ4n) is 5.36. The number of amides is 2. The number of aromatic nitrogens is 1. The number of hydrogen-bond donors (Lipinski definition) is 1. The molecular weight excluding hydrogens is 685 g/mol. The largest absolute Gasteiger partial charge is 0.394 e. The standard InChI is InChI=1S/C42H57N6O2S2/c1-8-35(23-26-43-2)19-21-37-15-9-11-17-39(37)45(4)27-13-29-47(6)41(49)33-51-52-34-42(50)48(7)30-14-28-46(5)40-18-12-10-16-38(40)22-20-36-24-31-44(3)32-25-36/h8-12,15-26,31-32,43H,13-14,27-30,33-34H2,1-7H3/q+1/b21-19+,26-23-,35-8-. The molecule has 52 heavy (non-hydrogen) atoms. The molecule has 3 aromatic rings. The third kappa shape index (κ3) is 14.7. The van der Waals surface area contributed by atoms with Gasteiger partial charge in [-0.25, -0.2) is 4.57 Å². The van der Waals surface area contributed by atoms with Gasteiger partial charge in [0.2, 0.25) is 11.8 Å². The van der Waals surface area contributed by atoms with E-state index in [1.165, 1.54) is 21.6 Å². The van der Waals surface area contributed by atoms with E-state index in [4.69, 9.17) is 0 Å². The van der Waals surface area contributed by atoms with Crippen molar-refractivity contribution < 1.29 is 14.2 Å². The number of anilines is 2. The zero-order chi connectivity index (χ0) is 37.7. The Morgan fingerprint density at radius 2 is 1.19 bits per heavy atom. The van der Waals surface area contributed by atoms with Crippen molar-refractivity contribution in [1.29, 1.82) is 0 Å². The van der Waals surface area contributed by atoms with Gasteiger partial charge in [0.25, 0.3) is 0 Å². The Kier molecular flexibility index (Phi) is 18.8. The molecule has 1 heterocycles. The van der Waals surface area contributed by atoms with Crippen molar-refractivity contribution in [2.45, 2.75) is 19.8 Å². The lowest BCUT2D eigenvalue weighted by Crippen LogP contribution is -2.32. The van der Waals surface area contributed by atoms with E-state index in [0.29, 0.717) is 24.6 Å². The number of aryl methyl sites for hydroxylation is 1. The molecular formula is C42H57N6O2S2+. The molecule has 0 aliphatic rings. The van der Waals surface area contributed by atoms with Crippen molar-refractivity contribution in [2.24, 2.45) is 7.05 Å². The smallest absolute Gasteiger partial charge is 0.233 e. The highest BCUT2D eigenvalue weighted by atomic mass is 33.1. The summed E-state index contributed by atoms with van der Waals surface area (Å²) in [6.45, 7) is 5.04. The molecule has 2 amide bonds. The van der Waals surface area contributed by atoms with E-state index in [-0.39, 0.29) is 11.8 Å². The van der Waals surface area contributed by atoms with Gasteiger partial charge in [0.15, 0.2) is 12.4 Å². The molecule has 0 fully saturated rings. The highest BCUT2D eigenvalue weighted by Crippen LogP contribution is 2.24. The number of rotatable bonds is 21. The number of hydrogen-bond acceptors (Lipinski definition) is 7. The SMILES string of the molecule is C/C=C(\C=C/NC)/C=C/c1ccccc1N(C)CCCN(C)C(=O)CSSCC(=O)N(C)CCCN(C)c1ccccc1/C=C/c1cc[n+](C)cc1. The fourth-order valence-corrected chi connectivity index (χ4v) is 7.27. The summed E-state index contributed by atoms with van der Waals surface area (Å²) < 4.78 is 2.02. The third-order valence-corrected chi connectivity index (χ3v) is 10.8. The lowest BCUT2D eigenvalue weighted by molar-refractivity contribution is -0.671. The van der Waals surface area contributed by atoms with Gasteiger partial charge in [-0.1, -0.05) is 88.4 Å². The maximum absolute atomic E-state index is 12.8. The molecule has 0 aliphatic carbocycles. The van der Waals surface area contributed by atoms with Gasteiger partial charge in [0.1, 0.15) is 7.05 Å². The summed E-state index contributed by atoms with van der Waals surface area (Å²) in [4.78, 5) is 33.7. The summed E-state index contributed by atoms with van der Waals surface area (Å²) >= 11 is 0. The van der Waals surface area contributed by atoms with E-state index in [1.54, 1.807) is 9.80 Å². The first-order valence-corrected chi connectivity index (χ1v) is 20.3. The molecule has 0 aliphatic heterocycles. The summed E-state index contributed by atoms with van der Waals surface area (Å²) in [5.41, 5.74) is 6.90. The zero-order valence-electron chi connectivity index (χ0n) is 32.0. The minimum atomic E-state index is 0.0776. The van der Waals surface area contributed by atoms with Crippen molar-refractivity contribution in [2.75, 3.05) is 82.7 Å². The van der Waals surface area contributed by atoms with Crippen LogP contribution in [0.3, 0.4) is 0 Å². The van der Waals surface area contributed by atoms with Crippen LogP contribution in [0.4, 0.5) is 11.4 Å². The second-order valence-corrected chi connectivity index (χ2v) is 15.2.